The van der Waals surface area contributed by atoms with Crippen molar-refractivity contribution >= 4 is 11.6 Å². The molecule has 3 heteroatoms. The molecule has 1 saturated carbocycles. The molecule has 0 radical (unpaired) electrons. The van der Waals surface area contributed by atoms with Gasteiger partial charge in [0.1, 0.15) is 0 Å². The maximum absolute atomic E-state index is 6.12. The Balaban J connectivity index is 1.68. The smallest absolute Gasteiger partial charge is 0.160 e. The van der Waals surface area contributed by atoms with Crippen molar-refractivity contribution in [3.8, 4) is 0 Å². The normalized spacial score (nSPS) is 39.2. The second kappa shape index (κ2) is 6.96. The highest BCUT2D eigenvalue weighted by Crippen LogP contribution is 2.33. The van der Waals surface area contributed by atoms with Gasteiger partial charge in [-0.1, -0.05) is 19.8 Å². The number of unbranched alkanes of at least 4 members (excludes halogenated alkanes) is 1. The highest BCUT2D eigenvalue weighted by Gasteiger charge is 2.31. The molecule has 0 amide bonds. The summed E-state index contributed by atoms with van der Waals surface area (Å²) in [6.07, 6.45) is 8.42. The van der Waals surface area contributed by atoms with Gasteiger partial charge in [-0.15, -0.1) is 11.6 Å². The van der Waals surface area contributed by atoms with Crippen molar-refractivity contribution in [1.29, 1.82) is 0 Å². The highest BCUT2D eigenvalue weighted by atomic mass is 35.5. The Morgan fingerprint density at radius 3 is 2.29 bits per heavy atom. The lowest BCUT2D eigenvalue weighted by atomic mass is 9.88. The van der Waals surface area contributed by atoms with E-state index in [9.17, 15) is 0 Å². The van der Waals surface area contributed by atoms with E-state index in [1.807, 2.05) is 0 Å². The lowest BCUT2D eigenvalue weighted by Crippen LogP contribution is -2.38. The van der Waals surface area contributed by atoms with Crippen LogP contribution >= 0.6 is 11.6 Å². The molecule has 0 unspecified atom stereocenters. The van der Waals surface area contributed by atoms with Gasteiger partial charge in [-0.05, 0) is 32.1 Å². The highest BCUT2D eigenvalue weighted by molar-refractivity contribution is 6.20. The molecule has 0 bridgehead atoms. The molecule has 2 rings (SSSR count). The van der Waals surface area contributed by atoms with E-state index in [4.69, 9.17) is 21.1 Å². The van der Waals surface area contributed by atoms with Gasteiger partial charge in [0.25, 0.3) is 0 Å². The van der Waals surface area contributed by atoms with Crippen LogP contribution in [-0.2, 0) is 9.47 Å². The maximum atomic E-state index is 6.12. The van der Waals surface area contributed by atoms with Crippen molar-refractivity contribution in [3.05, 3.63) is 0 Å². The molecule has 0 aromatic carbocycles. The van der Waals surface area contributed by atoms with Crippen LogP contribution in [0.2, 0.25) is 0 Å². The number of ether oxygens (including phenoxy) is 2. The first-order valence-corrected chi connectivity index (χ1v) is 7.60. The molecule has 1 saturated heterocycles. The Hall–Kier alpha value is 0.210. The molecule has 0 spiro atoms. The van der Waals surface area contributed by atoms with Gasteiger partial charge in [0.05, 0.1) is 13.2 Å². The second-order valence-electron chi connectivity index (χ2n) is 5.56. The Kier molecular flexibility index (Phi) is 5.58. The molecule has 2 fully saturated rings. The van der Waals surface area contributed by atoms with Gasteiger partial charge >= 0.3 is 0 Å². The predicted octanol–water partition coefficient (Wildman–Crippen LogP) is 3.96. The van der Waals surface area contributed by atoms with Crippen molar-refractivity contribution < 1.29 is 9.47 Å². The van der Waals surface area contributed by atoms with Crippen molar-refractivity contribution in [1.82, 2.24) is 0 Å². The molecular weight excluding hydrogens is 236 g/mol. The minimum Gasteiger partial charge on any atom is -0.352 e. The summed E-state index contributed by atoms with van der Waals surface area (Å²) in [5, 5.41) is 0.382. The molecule has 1 aliphatic heterocycles. The van der Waals surface area contributed by atoms with Crippen LogP contribution in [0.1, 0.15) is 51.9 Å². The Labute approximate surface area is 110 Å². The van der Waals surface area contributed by atoms with Gasteiger partial charge in [0.15, 0.2) is 6.29 Å². The zero-order valence-electron chi connectivity index (χ0n) is 10.9. The van der Waals surface area contributed by atoms with E-state index in [1.54, 1.807) is 0 Å². The molecule has 100 valence electrons. The Morgan fingerprint density at radius 2 is 1.71 bits per heavy atom. The fourth-order valence-corrected chi connectivity index (χ4v) is 3.09. The number of hydrogen-bond acceptors (Lipinski definition) is 2. The van der Waals surface area contributed by atoms with E-state index in [-0.39, 0.29) is 6.29 Å². The largest absolute Gasteiger partial charge is 0.352 e. The first kappa shape index (κ1) is 13.6. The van der Waals surface area contributed by atoms with E-state index >= 15 is 0 Å². The fraction of sp³-hybridized carbons (Fsp3) is 1.00. The first-order chi connectivity index (χ1) is 8.29. The van der Waals surface area contributed by atoms with Crippen LogP contribution in [0.5, 0.6) is 0 Å². The third-order valence-electron chi connectivity index (χ3n) is 4.04. The van der Waals surface area contributed by atoms with Crippen LogP contribution in [0, 0.1) is 11.8 Å². The number of rotatable bonds is 4. The van der Waals surface area contributed by atoms with Crippen LogP contribution < -0.4 is 0 Å². The van der Waals surface area contributed by atoms with Crippen LogP contribution in [0.25, 0.3) is 0 Å². The van der Waals surface area contributed by atoms with E-state index in [0.29, 0.717) is 17.2 Å². The molecule has 17 heavy (non-hydrogen) atoms. The molecule has 0 aromatic heterocycles. The molecular formula is C14H25ClO2. The van der Waals surface area contributed by atoms with Crippen LogP contribution in [0.15, 0.2) is 0 Å². The zero-order valence-corrected chi connectivity index (χ0v) is 11.6. The minimum atomic E-state index is 0.0528. The summed E-state index contributed by atoms with van der Waals surface area (Å²) in [5.74, 6) is 1.20. The summed E-state index contributed by atoms with van der Waals surface area (Å²) < 4.78 is 11.8. The van der Waals surface area contributed by atoms with Crippen LogP contribution in [-0.4, -0.2) is 24.9 Å². The molecule has 2 nitrogen and oxygen atoms in total. The number of alkyl halides is 1. The van der Waals surface area contributed by atoms with Gasteiger partial charge in [0.2, 0.25) is 0 Å². The summed E-state index contributed by atoms with van der Waals surface area (Å²) in [7, 11) is 0. The zero-order chi connectivity index (χ0) is 12.1. The summed E-state index contributed by atoms with van der Waals surface area (Å²) in [6, 6.07) is 0. The third-order valence-corrected chi connectivity index (χ3v) is 4.48. The van der Waals surface area contributed by atoms with E-state index in [2.05, 4.69) is 6.92 Å². The SMILES string of the molecule is CCCCC1COC(C2CCC(Cl)CC2)OC1. The summed E-state index contributed by atoms with van der Waals surface area (Å²) in [6.45, 7) is 4.02. The van der Waals surface area contributed by atoms with Gasteiger partial charge in [-0.2, -0.15) is 0 Å². The van der Waals surface area contributed by atoms with Crippen molar-refractivity contribution in [3.63, 3.8) is 0 Å². The van der Waals surface area contributed by atoms with Crippen molar-refractivity contribution in [2.24, 2.45) is 11.8 Å². The second-order valence-corrected chi connectivity index (χ2v) is 6.17. The molecule has 1 aliphatic carbocycles. The first-order valence-electron chi connectivity index (χ1n) is 7.17. The standard InChI is InChI=1S/C14H25ClO2/c1-2-3-4-11-9-16-14(17-10-11)12-5-7-13(15)8-6-12/h11-14H,2-10H2,1H3. The summed E-state index contributed by atoms with van der Waals surface area (Å²) >= 11 is 6.12. The minimum absolute atomic E-state index is 0.0528. The van der Waals surface area contributed by atoms with Gasteiger partial charge in [0, 0.05) is 17.2 Å². The fourth-order valence-electron chi connectivity index (χ4n) is 2.84. The van der Waals surface area contributed by atoms with Gasteiger partial charge in [-0.25, -0.2) is 0 Å². The average Bonchev–Trinajstić information content (AvgIpc) is 2.38. The van der Waals surface area contributed by atoms with Gasteiger partial charge in [-0.3, -0.25) is 0 Å². The quantitative estimate of drug-likeness (QED) is 0.713. The van der Waals surface area contributed by atoms with Gasteiger partial charge < -0.3 is 9.47 Å². The van der Waals surface area contributed by atoms with Crippen LogP contribution in [0.4, 0.5) is 0 Å². The van der Waals surface area contributed by atoms with E-state index < -0.39 is 0 Å². The number of halogens is 1. The summed E-state index contributed by atoms with van der Waals surface area (Å²) in [4.78, 5) is 0. The molecule has 2 aliphatic rings. The van der Waals surface area contributed by atoms with Crippen molar-refractivity contribution in [2.45, 2.75) is 63.5 Å². The lowest BCUT2D eigenvalue weighted by molar-refractivity contribution is -0.228. The molecule has 0 atom stereocenters. The number of hydrogen-bond donors (Lipinski definition) is 0. The maximum Gasteiger partial charge on any atom is 0.160 e. The third kappa shape index (κ3) is 4.11. The molecule has 0 N–H and O–H groups in total. The van der Waals surface area contributed by atoms with E-state index in [1.165, 1.54) is 32.1 Å². The molecule has 0 aromatic rings. The average molecular weight is 261 g/mol. The van der Waals surface area contributed by atoms with Crippen molar-refractivity contribution in [2.75, 3.05) is 13.2 Å². The lowest BCUT2D eigenvalue weighted by Gasteiger charge is -2.36. The summed E-state index contributed by atoms with van der Waals surface area (Å²) in [5.41, 5.74) is 0. The van der Waals surface area contributed by atoms with Crippen LogP contribution in [0.3, 0.4) is 0 Å². The van der Waals surface area contributed by atoms with E-state index in [0.717, 1.165) is 26.1 Å². The predicted molar refractivity (Wildman–Crippen MR) is 70.3 cm³/mol. The Bertz CT molecular complexity index is 206. The monoisotopic (exact) mass is 260 g/mol. The topological polar surface area (TPSA) is 18.5 Å². The molecule has 1 heterocycles. The Morgan fingerprint density at radius 1 is 1.06 bits per heavy atom.